The van der Waals surface area contributed by atoms with Crippen LogP contribution in [0.25, 0.3) is 0 Å². The van der Waals surface area contributed by atoms with E-state index in [2.05, 4.69) is 5.10 Å². The monoisotopic (exact) mass is 331 g/mol. The Morgan fingerprint density at radius 1 is 1.38 bits per heavy atom. The van der Waals surface area contributed by atoms with Crippen molar-refractivity contribution < 1.29 is 15.1 Å². The molecule has 1 amide bonds. The topological polar surface area (TPSA) is 132 Å². The van der Waals surface area contributed by atoms with Crippen molar-refractivity contribution >= 4 is 17.6 Å². The zero-order chi connectivity index (χ0) is 17.7. The van der Waals surface area contributed by atoms with E-state index >= 15 is 0 Å². The Bertz CT molecular complexity index is 818. The molecule has 1 aromatic carbocycles. The van der Waals surface area contributed by atoms with Crippen LogP contribution in [-0.2, 0) is 6.54 Å². The maximum absolute atomic E-state index is 11.9. The Labute approximate surface area is 137 Å². The molecule has 0 saturated carbocycles. The molecule has 1 heterocycles. The fraction of sp³-hybridized carbons (Fsp3) is 0.200. The van der Waals surface area contributed by atoms with E-state index in [4.69, 9.17) is 10.6 Å². The standard InChI is InChI=1S/C15H17N5O4/c1-2-19(15(22)23)11-5-3-4-10(8-11)9-20-13(21)7-6-12(17-20)14(16)18-24/h3-8,24H,2,9H2,1H3,(H2,16,18)(H,22,23). The summed E-state index contributed by atoms with van der Waals surface area (Å²) < 4.78 is 1.14. The molecule has 24 heavy (non-hydrogen) atoms. The summed E-state index contributed by atoms with van der Waals surface area (Å²) in [5.74, 6) is -0.333. The van der Waals surface area contributed by atoms with E-state index in [1.54, 1.807) is 36.7 Å². The molecule has 0 saturated heterocycles. The first-order valence-corrected chi connectivity index (χ1v) is 7.13. The first-order chi connectivity index (χ1) is 11.5. The van der Waals surface area contributed by atoms with Crippen molar-refractivity contribution in [2.24, 2.45) is 0 Å². The largest absolute Gasteiger partial charge is 0.465 e. The maximum atomic E-state index is 11.9. The lowest BCUT2D eigenvalue weighted by Crippen LogP contribution is -2.29. The van der Waals surface area contributed by atoms with Gasteiger partial charge in [-0.2, -0.15) is 5.10 Å². The maximum Gasteiger partial charge on any atom is 0.411 e. The first kappa shape index (κ1) is 17.2. The molecule has 2 aromatic rings. The SMILES string of the molecule is CCN(C(=O)O)c1cccc(Cn2nc(C(=N)NO)ccc2=O)c1. The van der Waals surface area contributed by atoms with Gasteiger partial charge in [0.1, 0.15) is 5.69 Å². The van der Waals surface area contributed by atoms with Crippen LogP contribution in [0.1, 0.15) is 18.2 Å². The number of hydroxylamine groups is 1. The summed E-state index contributed by atoms with van der Waals surface area (Å²) in [5.41, 5.74) is 2.58. The smallest absolute Gasteiger partial charge is 0.411 e. The minimum atomic E-state index is -1.06. The molecule has 0 bridgehead atoms. The predicted molar refractivity (Wildman–Crippen MR) is 86.8 cm³/mol. The van der Waals surface area contributed by atoms with E-state index in [9.17, 15) is 14.7 Å². The van der Waals surface area contributed by atoms with Crippen molar-refractivity contribution in [2.75, 3.05) is 11.4 Å². The third kappa shape index (κ3) is 3.76. The van der Waals surface area contributed by atoms with Crippen LogP contribution >= 0.6 is 0 Å². The first-order valence-electron chi connectivity index (χ1n) is 7.13. The molecule has 0 spiro atoms. The lowest BCUT2D eigenvalue weighted by atomic mass is 10.2. The molecule has 2 rings (SSSR count). The van der Waals surface area contributed by atoms with E-state index in [0.29, 0.717) is 17.8 Å². The highest BCUT2D eigenvalue weighted by Gasteiger charge is 2.12. The second-order valence-electron chi connectivity index (χ2n) is 4.90. The van der Waals surface area contributed by atoms with Crippen LogP contribution in [0.2, 0.25) is 0 Å². The summed E-state index contributed by atoms with van der Waals surface area (Å²) >= 11 is 0. The molecule has 0 aliphatic rings. The second kappa shape index (κ2) is 7.38. The Hall–Kier alpha value is -3.20. The van der Waals surface area contributed by atoms with Gasteiger partial charge in [-0.1, -0.05) is 12.1 Å². The van der Waals surface area contributed by atoms with Gasteiger partial charge in [0.05, 0.1) is 6.54 Å². The normalized spacial score (nSPS) is 10.2. The van der Waals surface area contributed by atoms with Crippen LogP contribution in [0.4, 0.5) is 10.5 Å². The van der Waals surface area contributed by atoms with Gasteiger partial charge in [-0.05, 0) is 30.7 Å². The highest BCUT2D eigenvalue weighted by atomic mass is 16.5. The van der Waals surface area contributed by atoms with Crippen LogP contribution in [0.3, 0.4) is 0 Å². The summed E-state index contributed by atoms with van der Waals surface area (Å²) in [6.07, 6.45) is -1.06. The van der Waals surface area contributed by atoms with Gasteiger partial charge in [0.2, 0.25) is 0 Å². The van der Waals surface area contributed by atoms with Gasteiger partial charge in [0.15, 0.2) is 5.84 Å². The number of nitrogens with zero attached hydrogens (tertiary/aromatic N) is 3. The van der Waals surface area contributed by atoms with Crippen molar-refractivity contribution in [1.82, 2.24) is 15.3 Å². The summed E-state index contributed by atoms with van der Waals surface area (Å²) in [4.78, 5) is 24.3. The molecule has 9 heteroatoms. The van der Waals surface area contributed by atoms with Gasteiger partial charge >= 0.3 is 6.09 Å². The van der Waals surface area contributed by atoms with Crippen molar-refractivity contribution in [3.63, 3.8) is 0 Å². The Balaban J connectivity index is 2.33. The van der Waals surface area contributed by atoms with Crippen LogP contribution < -0.4 is 15.9 Å². The van der Waals surface area contributed by atoms with Gasteiger partial charge in [-0.25, -0.2) is 9.48 Å². The van der Waals surface area contributed by atoms with Gasteiger partial charge in [0.25, 0.3) is 5.56 Å². The molecule has 4 N–H and O–H groups in total. The van der Waals surface area contributed by atoms with Gasteiger partial charge in [-0.15, -0.1) is 0 Å². The number of carbonyl (C=O) groups is 1. The molecule has 0 radical (unpaired) electrons. The number of aromatic nitrogens is 2. The van der Waals surface area contributed by atoms with Crippen LogP contribution in [0.15, 0.2) is 41.2 Å². The number of hydrogen-bond acceptors (Lipinski definition) is 5. The minimum absolute atomic E-state index is 0.106. The number of benzene rings is 1. The third-order valence-electron chi connectivity index (χ3n) is 3.34. The molecular formula is C15H17N5O4. The number of anilines is 1. The van der Waals surface area contributed by atoms with E-state index in [1.807, 2.05) is 0 Å². The number of amidine groups is 1. The number of carboxylic acid groups (broad SMARTS) is 1. The number of nitrogens with one attached hydrogen (secondary N) is 2. The van der Waals surface area contributed by atoms with Crippen LogP contribution in [-0.4, -0.2) is 38.6 Å². The second-order valence-corrected chi connectivity index (χ2v) is 4.90. The van der Waals surface area contributed by atoms with E-state index in [-0.39, 0.29) is 23.6 Å². The fourth-order valence-corrected chi connectivity index (χ4v) is 2.18. The molecular weight excluding hydrogens is 314 g/mol. The zero-order valence-corrected chi connectivity index (χ0v) is 12.9. The van der Waals surface area contributed by atoms with Gasteiger partial charge < -0.3 is 5.11 Å². The van der Waals surface area contributed by atoms with Crippen molar-refractivity contribution in [3.05, 3.63) is 58.0 Å². The minimum Gasteiger partial charge on any atom is -0.465 e. The third-order valence-corrected chi connectivity index (χ3v) is 3.34. The van der Waals surface area contributed by atoms with Crippen molar-refractivity contribution in [3.8, 4) is 0 Å². The highest BCUT2D eigenvalue weighted by molar-refractivity contribution is 5.93. The van der Waals surface area contributed by atoms with Crippen LogP contribution in [0.5, 0.6) is 0 Å². The molecule has 0 atom stereocenters. The number of hydrogen-bond donors (Lipinski definition) is 4. The molecule has 0 unspecified atom stereocenters. The van der Waals surface area contributed by atoms with E-state index in [1.165, 1.54) is 17.0 Å². The average molecular weight is 331 g/mol. The summed E-state index contributed by atoms with van der Waals surface area (Å²) in [5, 5.41) is 29.4. The van der Waals surface area contributed by atoms with Crippen molar-refractivity contribution in [2.45, 2.75) is 13.5 Å². The molecule has 1 aromatic heterocycles. The van der Waals surface area contributed by atoms with E-state index < -0.39 is 6.09 Å². The summed E-state index contributed by atoms with van der Waals surface area (Å²) in [7, 11) is 0. The Morgan fingerprint density at radius 2 is 2.12 bits per heavy atom. The van der Waals surface area contributed by atoms with Gasteiger partial charge in [0, 0.05) is 18.3 Å². The Morgan fingerprint density at radius 3 is 2.75 bits per heavy atom. The lowest BCUT2D eigenvalue weighted by molar-refractivity contribution is 0.202. The molecule has 0 aliphatic carbocycles. The lowest BCUT2D eigenvalue weighted by Gasteiger charge is -2.18. The number of rotatable bonds is 5. The van der Waals surface area contributed by atoms with Crippen LogP contribution in [0, 0.1) is 5.41 Å². The van der Waals surface area contributed by atoms with E-state index in [0.717, 1.165) is 4.68 Å². The fourth-order valence-electron chi connectivity index (χ4n) is 2.18. The Kier molecular flexibility index (Phi) is 5.27. The molecule has 9 nitrogen and oxygen atoms in total. The molecule has 0 aliphatic heterocycles. The average Bonchev–Trinajstić information content (AvgIpc) is 2.57. The summed E-state index contributed by atoms with van der Waals surface area (Å²) in [6.45, 7) is 2.13. The molecule has 126 valence electrons. The zero-order valence-electron chi connectivity index (χ0n) is 12.9. The highest BCUT2D eigenvalue weighted by Crippen LogP contribution is 2.16. The quantitative estimate of drug-likeness (QED) is 0.368. The predicted octanol–water partition coefficient (Wildman–Crippen LogP) is 1.10. The van der Waals surface area contributed by atoms with Gasteiger partial charge in [-0.3, -0.25) is 25.8 Å². The summed E-state index contributed by atoms with van der Waals surface area (Å²) in [6, 6.07) is 9.34. The number of amides is 1. The van der Waals surface area contributed by atoms with Crippen molar-refractivity contribution in [1.29, 1.82) is 5.41 Å². The molecule has 0 fully saturated rings.